The molecule has 0 aromatic heterocycles. The SMILES string of the molecule is CC(C)(C)C(=O)N1CCCN(S(=O)(=O)c2cc(F)ccc2F)CC1. The molecule has 2 rings (SSSR count). The van der Waals surface area contributed by atoms with Gasteiger partial charge in [0, 0.05) is 31.6 Å². The molecule has 24 heavy (non-hydrogen) atoms. The highest BCUT2D eigenvalue weighted by molar-refractivity contribution is 7.89. The number of rotatable bonds is 2. The monoisotopic (exact) mass is 360 g/mol. The fraction of sp³-hybridized carbons (Fsp3) is 0.562. The molecule has 5 nitrogen and oxygen atoms in total. The first kappa shape index (κ1) is 18.8. The lowest BCUT2D eigenvalue weighted by Gasteiger charge is -2.28. The maximum Gasteiger partial charge on any atom is 0.246 e. The van der Waals surface area contributed by atoms with E-state index in [0.29, 0.717) is 19.0 Å². The molecular weight excluding hydrogens is 338 g/mol. The number of nitrogens with zero attached hydrogens (tertiary/aromatic N) is 2. The number of halogens is 2. The van der Waals surface area contributed by atoms with Gasteiger partial charge in [-0.05, 0) is 24.6 Å². The Morgan fingerprint density at radius 1 is 1.08 bits per heavy atom. The Bertz CT molecular complexity index is 729. The smallest absolute Gasteiger partial charge is 0.246 e. The molecule has 1 aliphatic rings. The van der Waals surface area contributed by atoms with E-state index in [1.807, 2.05) is 0 Å². The third kappa shape index (κ3) is 3.92. The minimum atomic E-state index is -4.14. The van der Waals surface area contributed by atoms with Gasteiger partial charge in [-0.15, -0.1) is 0 Å². The van der Waals surface area contributed by atoms with E-state index >= 15 is 0 Å². The van der Waals surface area contributed by atoms with Gasteiger partial charge in [-0.3, -0.25) is 4.79 Å². The second kappa shape index (κ2) is 6.76. The van der Waals surface area contributed by atoms with E-state index in [4.69, 9.17) is 0 Å². The summed E-state index contributed by atoms with van der Waals surface area (Å²) in [5, 5.41) is 0. The number of carbonyl (C=O) groups is 1. The van der Waals surface area contributed by atoms with Gasteiger partial charge < -0.3 is 4.90 Å². The van der Waals surface area contributed by atoms with Crippen molar-refractivity contribution < 1.29 is 22.0 Å². The quantitative estimate of drug-likeness (QED) is 0.813. The topological polar surface area (TPSA) is 57.7 Å². The molecule has 0 saturated carbocycles. The van der Waals surface area contributed by atoms with Gasteiger partial charge in [-0.2, -0.15) is 4.31 Å². The third-order valence-corrected chi connectivity index (χ3v) is 5.81. The predicted molar refractivity (Wildman–Crippen MR) is 85.8 cm³/mol. The Morgan fingerprint density at radius 3 is 2.38 bits per heavy atom. The molecule has 1 aromatic rings. The molecule has 1 heterocycles. The van der Waals surface area contributed by atoms with E-state index in [-0.39, 0.29) is 25.5 Å². The first-order chi connectivity index (χ1) is 11.0. The fourth-order valence-corrected chi connectivity index (χ4v) is 4.17. The number of carbonyl (C=O) groups excluding carboxylic acids is 1. The first-order valence-electron chi connectivity index (χ1n) is 7.78. The van der Waals surface area contributed by atoms with Gasteiger partial charge in [-0.25, -0.2) is 17.2 Å². The second-order valence-electron chi connectivity index (χ2n) is 6.87. The lowest BCUT2D eigenvalue weighted by atomic mass is 9.94. The Kier molecular flexibility index (Phi) is 5.29. The van der Waals surface area contributed by atoms with Crippen LogP contribution in [-0.4, -0.2) is 49.7 Å². The van der Waals surface area contributed by atoms with Crippen LogP contribution in [0.15, 0.2) is 23.1 Å². The maximum atomic E-state index is 13.8. The summed E-state index contributed by atoms with van der Waals surface area (Å²) in [5.74, 6) is -1.85. The Balaban J connectivity index is 2.22. The maximum absolute atomic E-state index is 13.8. The van der Waals surface area contributed by atoms with Gasteiger partial charge in [-0.1, -0.05) is 20.8 Å². The summed E-state index contributed by atoms with van der Waals surface area (Å²) in [6.45, 7) is 6.29. The van der Waals surface area contributed by atoms with Gasteiger partial charge in [0.2, 0.25) is 15.9 Å². The van der Waals surface area contributed by atoms with E-state index in [1.165, 1.54) is 0 Å². The highest BCUT2D eigenvalue weighted by Crippen LogP contribution is 2.23. The van der Waals surface area contributed by atoms with Crippen molar-refractivity contribution >= 4 is 15.9 Å². The van der Waals surface area contributed by atoms with Crippen LogP contribution >= 0.6 is 0 Å². The number of benzene rings is 1. The van der Waals surface area contributed by atoms with Gasteiger partial charge in [0.25, 0.3) is 0 Å². The zero-order valence-electron chi connectivity index (χ0n) is 14.1. The van der Waals surface area contributed by atoms with Crippen LogP contribution in [0.1, 0.15) is 27.2 Å². The molecule has 8 heteroatoms. The second-order valence-corrected chi connectivity index (χ2v) is 8.78. The lowest BCUT2D eigenvalue weighted by Crippen LogP contribution is -2.42. The van der Waals surface area contributed by atoms with Crippen molar-refractivity contribution in [2.24, 2.45) is 5.41 Å². The Morgan fingerprint density at radius 2 is 1.75 bits per heavy atom. The lowest BCUT2D eigenvalue weighted by molar-refractivity contribution is -0.139. The van der Waals surface area contributed by atoms with Crippen LogP contribution < -0.4 is 0 Å². The van der Waals surface area contributed by atoms with Crippen LogP contribution in [0.4, 0.5) is 8.78 Å². The number of hydrogen-bond donors (Lipinski definition) is 0. The minimum absolute atomic E-state index is 0.0557. The van der Waals surface area contributed by atoms with E-state index in [0.717, 1.165) is 16.4 Å². The Hall–Kier alpha value is -1.54. The average molecular weight is 360 g/mol. The minimum Gasteiger partial charge on any atom is -0.341 e. The van der Waals surface area contributed by atoms with Gasteiger partial charge in [0.05, 0.1) is 0 Å². The van der Waals surface area contributed by atoms with Crippen LogP contribution in [0.25, 0.3) is 0 Å². The van der Waals surface area contributed by atoms with Crippen LogP contribution in [-0.2, 0) is 14.8 Å². The molecule has 1 fully saturated rings. The molecule has 0 bridgehead atoms. The molecule has 0 radical (unpaired) electrons. The molecule has 1 amide bonds. The predicted octanol–water partition coefficient (Wildman–Crippen LogP) is 2.23. The van der Waals surface area contributed by atoms with Crippen molar-refractivity contribution in [2.45, 2.75) is 32.1 Å². The number of sulfonamides is 1. The molecule has 0 unspecified atom stereocenters. The van der Waals surface area contributed by atoms with Crippen molar-refractivity contribution in [1.29, 1.82) is 0 Å². The van der Waals surface area contributed by atoms with E-state index in [1.54, 1.807) is 25.7 Å². The van der Waals surface area contributed by atoms with Crippen molar-refractivity contribution in [3.05, 3.63) is 29.8 Å². The first-order valence-corrected chi connectivity index (χ1v) is 9.22. The van der Waals surface area contributed by atoms with E-state index in [2.05, 4.69) is 0 Å². The molecule has 1 saturated heterocycles. The van der Waals surface area contributed by atoms with Crippen molar-refractivity contribution in [3.63, 3.8) is 0 Å². The summed E-state index contributed by atoms with van der Waals surface area (Å²) < 4.78 is 53.5. The average Bonchev–Trinajstić information content (AvgIpc) is 2.74. The molecule has 0 atom stereocenters. The van der Waals surface area contributed by atoms with Crippen LogP contribution in [0.5, 0.6) is 0 Å². The summed E-state index contributed by atoms with van der Waals surface area (Å²) in [5.41, 5.74) is -0.553. The zero-order valence-corrected chi connectivity index (χ0v) is 14.9. The van der Waals surface area contributed by atoms with Crippen LogP contribution in [0.3, 0.4) is 0 Å². The highest BCUT2D eigenvalue weighted by atomic mass is 32.2. The molecule has 1 aliphatic heterocycles. The molecule has 0 spiro atoms. The normalized spacial score (nSPS) is 17.6. The van der Waals surface area contributed by atoms with Crippen LogP contribution in [0, 0.1) is 17.0 Å². The Labute approximate surface area is 141 Å². The molecule has 134 valence electrons. The van der Waals surface area contributed by atoms with E-state index < -0.39 is 32.0 Å². The zero-order chi connectivity index (χ0) is 18.1. The van der Waals surface area contributed by atoms with Gasteiger partial charge in [0.15, 0.2) is 0 Å². The summed E-state index contributed by atoms with van der Waals surface area (Å²) in [6, 6.07) is 2.36. The highest BCUT2D eigenvalue weighted by Gasteiger charge is 2.33. The van der Waals surface area contributed by atoms with E-state index in [9.17, 15) is 22.0 Å². The standard InChI is InChI=1S/C16H22F2N2O3S/c1-16(2,3)15(21)19-7-4-8-20(10-9-19)24(22,23)14-11-12(17)5-6-13(14)18/h5-6,11H,4,7-10H2,1-3H3. The van der Waals surface area contributed by atoms with Crippen LogP contribution in [0.2, 0.25) is 0 Å². The van der Waals surface area contributed by atoms with Crippen molar-refractivity contribution in [1.82, 2.24) is 9.21 Å². The fourth-order valence-electron chi connectivity index (χ4n) is 2.63. The van der Waals surface area contributed by atoms with Crippen molar-refractivity contribution in [2.75, 3.05) is 26.2 Å². The molecule has 1 aromatic carbocycles. The number of hydrogen-bond acceptors (Lipinski definition) is 3. The summed E-state index contributed by atoms with van der Waals surface area (Å²) in [4.78, 5) is 13.3. The largest absolute Gasteiger partial charge is 0.341 e. The third-order valence-electron chi connectivity index (χ3n) is 3.89. The summed E-state index contributed by atoms with van der Waals surface area (Å²) in [6.07, 6.45) is 0.442. The molecular formula is C16H22F2N2O3S. The number of amides is 1. The van der Waals surface area contributed by atoms with Gasteiger partial charge >= 0.3 is 0 Å². The summed E-state index contributed by atoms with van der Waals surface area (Å²) in [7, 11) is -4.14. The summed E-state index contributed by atoms with van der Waals surface area (Å²) >= 11 is 0. The molecule has 0 aliphatic carbocycles. The molecule has 0 N–H and O–H groups in total. The van der Waals surface area contributed by atoms with Crippen molar-refractivity contribution in [3.8, 4) is 0 Å². The van der Waals surface area contributed by atoms with Gasteiger partial charge in [0.1, 0.15) is 16.5 Å².